The van der Waals surface area contributed by atoms with Gasteiger partial charge >= 0.3 is 5.69 Å². The molecule has 2 aliphatic heterocycles. The van der Waals surface area contributed by atoms with Crippen LogP contribution in [0.2, 0.25) is 0 Å². The Morgan fingerprint density at radius 1 is 1.03 bits per heavy atom. The van der Waals surface area contributed by atoms with Crippen LogP contribution in [0.1, 0.15) is 12.0 Å². The van der Waals surface area contributed by atoms with Crippen molar-refractivity contribution in [2.75, 3.05) is 13.2 Å². The summed E-state index contributed by atoms with van der Waals surface area (Å²) < 4.78 is 12.0. The van der Waals surface area contributed by atoms with Crippen molar-refractivity contribution in [2.24, 2.45) is 0 Å². The highest BCUT2D eigenvalue weighted by atomic mass is 16.6. The number of aliphatic hydroxyl groups is 7. The molecule has 164 valence electrons. The van der Waals surface area contributed by atoms with Gasteiger partial charge < -0.3 is 45.2 Å². The van der Waals surface area contributed by atoms with Crippen molar-refractivity contribution in [2.45, 2.75) is 61.5 Å². The average molecular weight is 420 g/mol. The number of hydrogen-bond donors (Lipinski definition) is 8. The number of rotatable bonds is 5. The molecule has 8 atom stereocenters. The molecule has 1 aromatic heterocycles. The standard InChI is InChI=1S/C16H24N2O11/c19-3-6-2-18(15(27)17-14(6)26)16(1-7(22)8(4-20)29-16)13-12(25)11(24)10(23)9(5-21)28-13/h2,7-13,19-25H,1,3-5H2,(H,17,26,27)/t7-,8+,9+,10+,11-,12+,13+,16-/m0/s1. The summed E-state index contributed by atoms with van der Waals surface area (Å²) in [5, 5.41) is 69.3. The zero-order valence-corrected chi connectivity index (χ0v) is 15.2. The van der Waals surface area contributed by atoms with Gasteiger partial charge in [0.15, 0.2) is 5.72 Å². The second-order valence-corrected chi connectivity index (χ2v) is 7.15. The molecule has 0 bridgehead atoms. The molecular formula is C16H24N2O11. The van der Waals surface area contributed by atoms with Gasteiger partial charge in [-0.05, 0) is 0 Å². The Morgan fingerprint density at radius 2 is 1.69 bits per heavy atom. The lowest BCUT2D eigenvalue weighted by Gasteiger charge is -2.47. The zero-order chi connectivity index (χ0) is 21.5. The summed E-state index contributed by atoms with van der Waals surface area (Å²) in [6.45, 7) is -2.15. The van der Waals surface area contributed by atoms with E-state index in [-0.39, 0.29) is 5.56 Å². The monoisotopic (exact) mass is 420 g/mol. The minimum atomic E-state index is -2.05. The maximum Gasteiger partial charge on any atom is 0.330 e. The molecule has 3 heterocycles. The van der Waals surface area contributed by atoms with Gasteiger partial charge in [-0.3, -0.25) is 14.3 Å². The highest BCUT2D eigenvalue weighted by Crippen LogP contribution is 2.42. The Morgan fingerprint density at radius 3 is 2.24 bits per heavy atom. The van der Waals surface area contributed by atoms with Crippen molar-refractivity contribution in [3.63, 3.8) is 0 Å². The lowest BCUT2D eigenvalue weighted by molar-refractivity contribution is -0.297. The first-order valence-corrected chi connectivity index (χ1v) is 8.93. The van der Waals surface area contributed by atoms with Crippen LogP contribution in [0, 0.1) is 0 Å². The molecule has 0 aromatic carbocycles. The molecule has 0 amide bonds. The maximum absolute atomic E-state index is 12.6. The molecule has 13 heteroatoms. The minimum absolute atomic E-state index is 0.237. The number of aromatic nitrogens is 2. The minimum Gasteiger partial charge on any atom is -0.394 e. The summed E-state index contributed by atoms with van der Waals surface area (Å²) in [5.74, 6) is 0. The van der Waals surface area contributed by atoms with E-state index in [0.29, 0.717) is 0 Å². The fourth-order valence-electron chi connectivity index (χ4n) is 3.83. The van der Waals surface area contributed by atoms with E-state index < -0.39 is 85.9 Å². The van der Waals surface area contributed by atoms with Crippen LogP contribution in [-0.2, 0) is 21.8 Å². The molecule has 0 aliphatic carbocycles. The summed E-state index contributed by atoms with van der Waals surface area (Å²) in [7, 11) is 0. The molecule has 8 N–H and O–H groups in total. The Balaban J connectivity index is 2.19. The second-order valence-electron chi connectivity index (χ2n) is 7.15. The van der Waals surface area contributed by atoms with Crippen molar-refractivity contribution in [3.05, 3.63) is 32.6 Å². The second kappa shape index (κ2) is 8.22. The maximum atomic E-state index is 12.6. The van der Waals surface area contributed by atoms with Crippen LogP contribution in [0.25, 0.3) is 0 Å². The Hall–Kier alpha value is -1.68. The van der Waals surface area contributed by atoms with E-state index in [0.717, 1.165) is 10.8 Å². The Kier molecular flexibility index (Phi) is 6.24. The normalized spacial score (nSPS) is 40.3. The molecule has 2 fully saturated rings. The molecule has 1 aromatic rings. The van der Waals surface area contributed by atoms with Gasteiger partial charge in [0, 0.05) is 12.6 Å². The van der Waals surface area contributed by atoms with Crippen molar-refractivity contribution in [1.29, 1.82) is 0 Å². The predicted molar refractivity (Wildman–Crippen MR) is 91.6 cm³/mol. The van der Waals surface area contributed by atoms with Gasteiger partial charge in [-0.15, -0.1) is 0 Å². The van der Waals surface area contributed by atoms with E-state index >= 15 is 0 Å². The van der Waals surface area contributed by atoms with E-state index in [4.69, 9.17) is 9.47 Å². The molecule has 29 heavy (non-hydrogen) atoms. The summed E-state index contributed by atoms with van der Waals surface area (Å²) in [6.07, 6.45) is -10.3. The first kappa shape index (κ1) is 22.0. The van der Waals surface area contributed by atoms with Gasteiger partial charge in [0.05, 0.1) is 31.5 Å². The van der Waals surface area contributed by atoms with Crippen LogP contribution in [0.3, 0.4) is 0 Å². The Labute approximate surface area is 163 Å². The summed E-state index contributed by atoms with van der Waals surface area (Å²) in [6, 6.07) is 0. The number of aromatic amines is 1. The highest BCUT2D eigenvalue weighted by Gasteiger charge is 2.60. The molecule has 3 rings (SSSR count). The number of hydrogen-bond acceptors (Lipinski definition) is 11. The number of nitrogens with one attached hydrogen (secondary N) is 1. The summed E-state index contributed by atoms with van der Waals surface area (Å²) >= 11 is 0. The fourth-order valence-corrected chi connectivity index (χ4v) is 3.83. The van der Waals surface area contributed by atoms with Crippen LogP contribution < -0.4 is 11.2 Å². The molecule has 0 unspecified atom stereocenters. The van der Waals surface area contributed by atoms with Crippen LogP contribution in [-0.4, -0.2) is 101 Å². The lowest BCUT2D eigenvalue weighted by atomic mass is 9.87. The third-order valence-corrected chi connectivity index (χ3v) is 5.40. The largest absolute Gasteiger partial charge is 0.394 e. The summed E-state index contributed by atoms with van der Waals surface area (Å²) in [4.78, 5) is 26.3. The molecule has 2 aliphatic rings. The smallest absolute Gasteiger partial charge is 0.330 e. The first-order valence-electron chi connectivity index (χ1n) is 8.93. The molecule has 2 saturated heterocycles. The molecule has 0 saturated carbocycles. The summed E-state index contributed by atoms with van der Waals surface area (Å²) in [5.41, 5.74) is -4.18. The van der Waals surface area contributed by atoms with E-state index in [9.17, 15) is 45.3 Å². The van der Waals surface area contributed by atoms with E-state index in [1.54, 1.807) is 0 Å². The SMILES string of the molecule is O=c1[nH]c(=O)n([C@@]2([C@@H]3O[C@H](CO)[C@@H](O)[C@H](O)[C@H]3O)C[C@H](O)[C@@H](CO)O2)cc1CO. The van der Waals surface area contributed by atoms with E-state index in [2.05, 4.69) is 0 Å². The van der Waals surface area contributed by atoms with Crippen molar-refractivity contribution in [3.8, 4) is 0 Å². The van der Waals surface area contributed by atoms with Gasteiger partial charge in [-0.25, -0.2) is 4.79 Å². The highest BCUT2D eigenvalue weighted by molar-refractivity contribution is 5.10. The zero-order valence-electron chi connectivity index (χ0n) is 15.2. The molecular weight excluding hydrogens is 396 g/mol. The third kappa shape index (κ3) is 3.54. The van der Waals surface area contributed by atoms with Crippen LogP contribution in [0.4, 0.5) is 0 Å². The third-order valence-electron chi connectivity index (χ3n) is 5.40. The van der Waals surface area contributed by atoms with Crippen molar-refractivity contribution < 1.29 is 45.2 Å². The molecule has 13 nitrogen and oxygen atoms in total. The first-order chi connectivity index (χ1) is 13.7. The number of ether oxygens (including phenoxy) is 2. The topological polar surface area (TPSA) is 215 Å². The van der Waals surface area contributed by atoms with E-state index in [1.807, 2.05) is 4.98 Å². The quantitative estimate of drug-likeness (QED) is 0.225. The van der Waals surface area contributed by atoms with E-state index in [1.165, 1.54) is 0 Å². The van der Waals surface area contributed by atoms with Crippen LogP contribution in [0.15, 0.2) is 15.8 Å². The fraction of sp³-hybridized carbons (Fsp3) is 0.750. The van der Waals surface area contributed by atoms with Gasteiger partial charge in [0.1, 0.15) is 36.6 Å². The van der Waals surface area contributed by atoms with Gasteiger partial charge in [0.2, 0.25) is 0 Å². The average Bonchev–Trinajstić information content (AvgIpc) is 3.03. The van der Waals surface area contributed by atoms with Gasteiger partial charge in [-0.2, -0.15) is 0 Å². The number of nitrogens with zero attached hydrogens (tertiary/aromatic N) is 1. The number of H-pyrrole nitrogens is 1. The predicted octanol–water partition coefficient (Wildman–Crippen LogP) is -5.33. The van der Waals surface area contributed by atoms with Crippen LogP contribution in [0.5, 0.6) is 0 Å². The Bertz CT molecular complexity index is 839. The molecule has 0 radical (unpaired) electrons. The number of aliphatic hydroxyl groups excluding tert-OH is 7. The van der Waals surface area contributed by atoms with Crippen molar-refractivity contribution >= 4 is 0 Å². The van der Waals surface area contributed by atoms with Gasteiger partial charge in [0.25, 0.3) is 5.56 Å². The lowest BCUT2D eigenvalue weighted by Crippen LogP contribution is -2.67. The van der Waals surface area contributed by atoms with Crippen molar-refractivity contribution in [1.82, 2.24) is 9.55 Å². The van der Waals surface area contributed by atoms with Crippen LogP contribution >= 0.6 is 0 Å². The van der Waals surface area contributed by atoms with Gasteiger partial charge in [-0.1, -0.05) is 0 Å². The molecule has 0 spiro atoms.